The van der Waals surface area contributed by atoms with Gasteiger partial charge < -0.3 is 10.1 Å². The quantitative estimate of drug-likeness (QED) is 0.801. The van der Waals surface area contributed by atoms with Gasteiger partial charge in [-0.15, -0.1) is 10.2 Å². The number of benzene rings is 1. The zero-order valence-electron chi connectivity index (χ0n) is 12.1. The Bertz CT molecular complexity index is 757. The zero-order chi connectivity index (χ0) is 14.8. The van der Waals surface area contributed by atoms with Crippen molar-refractivity contribution in [2.24, 2.45) is 0 Å². The first-order valence-corrected chi connectivity index (χ1v) is 7.53. The third kappa shape index (κ3) is 2.47. The molecule has 0 amide bonds. The smallest absolute Gasteiger partial charge is 0.203 e. The number of fused-ring (bicyclic) bond motifs is 1. The summed E-state index contributed by atoms with van der Waals surface area (Å²) in [6.07, 6.45) is 8.66. The second-order valence-corrected chi connectivity index (χ2v) is 5.49. The monoisotopic (exact) mass is 295 g/mol. The molecule has 0 radical (unpaired) electrons. The minimum atomic E-state index is 0.146. The maximum atomic E-state index is 6.12. The highest BCUT2D eigenvalue weighted by Crippen LogP contribution is 2.27. The summed E-state index contributed by atoms with van der Waals surface area (Å²) in [7, 11) is 0. The minimum absolute atomic E-state index is 0.146. The molecule has 1 N–H and O–H groups in total. The fourth-order valence-corrected chi connectivity index (χ4v) is 2.94. The summed E-state index contributed by atoms with van der Waals surface area (Å²) < 4.78 is 7.98. The van der Waals surface area contributed by atoms with Crippen molar-refractivity contribution < 1.29 is 4.74 Å². The highest BCUT2D eigenvalue weighted by molar-refractivity contribution is 5.62. The molecule has 2 atom stereocenters. The average molecular weight is 295 g/mol. The molecule has 1 fully saturated rings. The molecule has 6 nitrogen and oxygen atoms in total. The fourth-order valence-electron chi connectivity index (χ4n) is 2.94. The topological polar surface area (TPSA) is 64.3 Å². The van der Waals surface area contributed by atoms with Crippen molar-refractivity contribution in [3.05, 3.63) is 49.1 Å². The maximum Gasteiger partial charge on any atom is 0.203 e. The summed E-state index contributed by atoms with van der Waals surface area (Å²) in [5, 5.41) is 11.5. The Morgan fingerprint density at radius 2 is 2.09 bits per heavy atom. The fraction of sp³-hybridized carbons (Fsp3) is 0.312. The average Bonchev–Trinajstić information content (AvgIpc) is 3.19. The lowest BCUT2D eigenvalue weighted by Crippen LogP contribution is -2.33. The van der Waals surface area contributed by atoms with Crippen molar-refractivity contribution in [3.63, 3.8) is 0 Å². The predicted molar refractivity (Wildman–Crippen MR) is 82.9 cm³/mol. The molecule has 2 aromatic heterocycles. The Hall–Kier alpha value is -2.63. The number of rotatable bonds is 4. The molecule has 0 unspecified atom stereocenters. The van der Waals surface area contributed by atoms with Gasteiger partial charge in [0.15, 0.2) is 5.82 Å². The number of hydrogen-bond donors (Lipinski definition) is 1. The van der Waals surface area contributed by atoms with Gasteiger partial charge in [-0.25, -0.2) is 4.98 Å². The molecule has 1 aromatic carbocycles. The lowest BCUT2D eigenvalue weighted by molar-refractivity contribution is 0.198. The maximum absolute atomic E-state index is 6.12. The Morgan fingerprint density at radius 3 is 3.00 bits per heavy atom. The first kappa shape index (κ1) is 13.1. The van der Waals surface area contributed by atoms with Crippen molar-refractivity contribution in [2.45, 2.75) is 31.4 Å². The molecule has 1 aliphatic rings. The Morgan fingerprint density at radius 1 is 1.18 bits per heavy atom. The molecule has 0 bridgehead atoms. The van der Waals surface area contributed by atoms with E-state index in [-0.39, 0.29) is 12.1 Å². The standard InChI is InChI=1S/C16H17N5O/c1-2-5-12(6-3-1)22-14-8-4-7-13(14)19-15-16-20-18-11-21(16)10-9-17-15/h1-3,5-6,9-11,13-14H,4,7-8H2,(H,17,19)/t13-,14+/m0/s1. The molecule has 112 valence electrons. The molecule has 0 saturated heterocycles. The van der Waals surface area contributed by atoms with Crippen LogP contribution in [0.15, 0.2) is 49.1 Å². The summed E-state index contributed by atoms with van der Waals surface area (Å²) >= 11 is 0. The van der Waals surface area contributed by atoms with E-state index in [2.05, 4.69) is 20.5 Å². The van der Waals surface area contributed by atoms with Gasteiger partial charge in [0.05, 0.1) is 6.04 Å². The highest BCUT2D eigenvalue weighted by atomic mass is 16.5. The van der Waals surface area contributed by atoms with Gasteiger partial charge >= 0.3 is 0 Å². The minimum Gasteiger partial charge on any atom is -0.488 e. The molecule has 22 heavy (non-hydrogen) atoms. The van der Waals surface area contributed by atoms with Gasteiger partial charge in [0, 0.05) is 12.4 Å². The Kier molecular flexibility index (Phi) is 3.34. The molecule has 3 aromatic rings. The number of nitrogens with one attached hydrogen (secondary N) is 1. The van der Waals surface area contributed by atoms with E-state index in [1.54, 1.807) is 12.5 Å². The van der Waals surface area contributed by atoms with Crippen LogP contribution in [0.1, 0.15) is 19.3 Å². The van der Waals surface area contributed by atoms with E-state index in [1.807, 2.05) is 40.9 Å². The van der Waals surface area contributed by atoms with E-state index in [0.29, 0.717) is 0 Å². The van der Waals surface area contributed by atoms with Crippen LogP contribution in [0.2, 0.25) is 0 Å². The van der Waals surface area contributed by atoms with Crippen LogP contribution in [0.4, 0.5) is 5.82 Å². The SMILES string of the molecule is c1ccc(O[C@@H]2CCC[C@@H]2Nc2nccn3cnnc23)cc1. The van der Waals surface area contributed by atoms with E-state index >= 15 is 0 Å². The summed E-state index contributed by atoms with van der Waals surface area (Å²) in [5.41, 5.74) is 0.743. The predicted octanol–water partition coefficient (Wildman–Crippen LogP) is 2.54. The number of aromatic nitrogens is 4. The molecule has 4 rings (SSSR count). The largest absolute Gasteiger partial charge is 0.488 e. The highest BCUT2D eigenvalue weighted by Gasteiger charge is 2.29. The summed E-state index contributed by atoms with van der Waals surface area (Å²) in [5.74, 6) is 1.67. The Balaban J connectivity index is 1.53. The normalized spacial score (nSPS) is 21.1. The van der Waals surface area contributed by atoms with Crippen molar-refractivity contribution in [1.82, 2.24) is 19.6 Å². The van der Waals surface area contributed by atoms with Crippen LogP contribution in [0.3, 0.4) is 0 Å². The van der Waals surface area contributed by atoms with Gasteiger partial charge in [0.2, 0.25) is 5.65 Å². The first-order valence-electron chi connectivity index (χ1n) is 7.53. The van der Waals surface area contributed by atoms with Crippen LogP contribution in [-0.4, -0.2) is 31.7 Å². The number of anilines is 1. The molecular weight excluding hydrogens is 278 g/mol. The van der Waals surface area contributed by atoms with Gasteiger partial charge in [-0.2, -0.15) is 0 Å². The molecule has 2 heterocycles. The summed E-state index contributed by atoms with van der Waals surface area (Å²) in [6, 6.07) is 10.2. The molecular formula is C16H17N5O. The molecule has 1 aliphatic carbocycles. The van der Waals surface area contributed by atoms with Crippen LogP contribution in [-0.2, 0) is 0 Å². The van der Waals surface area contributed by atoms with E-state index in [4.69, 9.17) is 4.74 Å². The van der Waals surface area contributed by atoms with Crippen LogP contribution in [0.5, 0.6) is 5.75 Å². The van der Waals surface area contributed by atoms with Gasteiger partial charge in [0.25, 0.3) is 0 Å². The number of nitrogens with zero attached hydrogens (tertiary/aromatic N) is 4. The summed E-state index contributed by atoms with van der Waals surface area (Å²) in [4.78, 5) is 4.39. The lowest BCUT2D eigenvalue weighted by Gasteiger charge is -2.22. The van der Waals surface area contributed by atoms with Crippen molar-refractivity contribution in [1.29, 1.82) is 0 Å². The van der Waals surface area contributed by atoms with Crippen LogP contribution < -0.4 is 10.1 Å². The number of para-hydroxylation sites is 1. The lowest BCUT2D eigenvalue weighted by atomic mass is 10.2. The number of hydrogen-bond acceptors (Lipinski definition) is 5. The van der Waals surface area contributed by atoms with E-state index in [9.17, 15) is 0 Å². The second-order valence-electron chi connectivity index (χ2n) is 5.49. The number of ether oxygens (including phenoxy) is 1. The molecule has 0 spiro atoms. The van der Waals surface area contributed by atoms with Gasteiger partial charge in [-0.1, -0.05) is 18.2 Å². The van der Waals surface area contributed by atoms with Crippen LogP contribution >= 0.6 is 0 Å². The Labute approximate surface area is 128 Å². The van der Waals surface area contributed by atoms with Crippen molar-refractivity contribution >= 4 is 11.5 Å². The van der Waals surface area contributed by atoms with E-state index in [1.165, 1.54) is 0 Å². The van der Waals surface area contributed by atoms with Gasteiger partial charge in [0.1, 0.15) is 18.2 Å². The zero-order valence-corrected chi connectivity index (χ0v) is 12.1. The molecule has 1 saturated carbocycles. The van der Waals surface area contributed by atoms with Crippen molar-refractivity contribution in [3.8, 4) is 5.75 Å². The molecule has 0 aliphatic heterocycles. The van der Waals surface area contributed by atoms with E-state index in [0.717, 1.165) is 36.5 Å². The van der Waals surface area contributed by atoms with Gasteiger partial charge in [-0.3, -0.25) is 4.40 Å². The molecule has 6 heteroatoms. The third-order valence-electron chi connectivity index (χ3n) is 4.02. The van der Waals surface area contributed by atoms with E-state index < -0.39 is 0 Å². The third-order valence-corrected chi connectivity index (χ3v) is 4.02. The second kappa shape index (κ2) is 5.63. The van der Waals surface area contributed by atoms with Crippen LogP contribution in [0.25, 0.3) is 5.65 Å². The van der Waals surface area contributed by atoms with Crippen molar-refractivity contribution in [2.75, 3.05) is 5.32 Å². The first-order chi connectivity index (χ1) is 10.9. The van der Waals surface area contributed by atoms with Gasteiger partial charge in [-0.05, 0) is 31.4 Å². The summed E-state index contributed by atoms with van der Waals surface area (Å²) in [6.45, 7) is 0. The van der Waals surface area contributed by atoms with Crippen LogP contribution in [0, 0.1) is 0 Å².